The Labute approximate surface area is 116 Å². The standard InChI is InChI=1S/C12H15N3O3S/c1-7(2)18-11(14-15-12(13)19)9-5-3-4-8(6-16)10(9)17/h3-7,17H,1-2H3,(H3,13,15,19). The Kier molecular flexibility index (Phi) is 5.25. The minimum Gasteiger partial charge on any atom is -0.506 e. The van der Waals surface area contributed by atoms with Gasteiger partial charge in [0.05, 0.1) is 17.2 Å². The number of nitrogens with one attached hydrogen (secondary N) is 1. The van der Waals surface area contributed by atoms with E-state index < -0.39 is 0 Å². The van der Waals surface area contributed by atoms with Crippen molar-refractivity contribution in [3.8, 4) is 5.75 Å². The molecule has 0 amide bonds. The topological polar surface area (TPSA) is 96.9 Å². The number of benzene rings is 1. The Balaban J connectivity index is 3.20. The summed E-state index contributed by atoms with van der Waals surface area (Å²) in [5.41, 5.74) is 8.10. The van der Waals surface area contributed by atoms with Crippen molar-refractivity contribution < 1.29 is 14.6 Å². The van der Waals surface area contributed by atoms with Crippen LogP contribution in [0, 0.1) is 0 Å². The zero-order valence-electron chi connectivity index (χ0n) is 10.6. The summed E-state index contributed by atoms with van der Waals surface area (Å²) in [6.07, 6.45) is 0.374. The van der Waals surface area contributed by atoms with E-state index in [-0.39, 0.29) is 34.0 Å². The van der Waals surface area contributed by atoms with Gasteiger partial charge in [-0.05, 0) is 38.2 Å². The summed E-state index contributed by atoms with van der Waals surface area (Å²) in [4.78, 5) is 10.8. The number of carbonyl (C=O) groups excluding carboxylic acids is 1. The van der Waals surface area contributed by atoms with E-state index >= 15 is 0 Å². The molecule has 0 unspecified atom stereocenters. The Bertz CT molecular complexity index is 515. The van der Waals surface area contributed by atoms with Crippen LogP contribution in [-0.2, 0) is 4.74 Å². The van der Waals surface area contributed by atoms with Crippen molar-refractivity contribution in [1.82, 2.24) is 5.43 Å². The van der Waals surface area contributed by atoms with Crippen molar-refractivity contribution in [2.75, 3.05) is 0 Å². The lowest BCUT2D eigenvalue weighted by molar-refractivity contribution is 0.112. The molecule has 1 aromatic carbocycles. The highest BCUT2D eigenvalue weighted by atomic mass is 32.1. The first kappa shape index (κ1) is 14.9. The number of hydrogen-bond donors (Lipinski definition) is 3. The fourth-order valence-corrected chi connectivity index (χ4v) is 1.35. The van der Waals surface area contributed by atoms with E-state index in [1.807, 2.05) is 0 Å². The summed E-state index contributed by atoms with van der Waals surface area (Å²) >= 11 is 4.64. The van der Waals surface area contributed by atoms with Crippen LogP contribution < -0.4 is 11.2 Å². The molecule has 19 heavy (non-hydrogen) atoms. The minimum atomic E-state index is -0.207. The zero-order chi connectivity index (χ0) is 14.4. The quantitative estimate of drug-likeness (QED) is 0.252. The SMILES string of the molecule is CC(C)OC(=NNC(N)=S)c1cccc(C=O)c1O. The van der Waals surface area contributed by atoms with Crippen molar-refractivity contribution in [2.45, 2.75) is 20.0 Å². The van der Waals surface area contributed by atoms with Crippen LogP contribution in [0.25, 0.3) is 0 Å². The Morgan fingerprint density at radius 2 is 2.26 bits per heavy atom. The van der Waals surface area contributed by atoms with Gasteiger partial charge in [-0.3, -0.25) is 10.2 Å². The van der Waals surface area contributed by atoms with E-state index in [9.17, 15) is 9.90 Å². The van der Waals surface area contributed by atoms with Crippen molar-refractivity contribution in [3.05, 3.63) is 29.3 Å². The van der Waals surface area contributed by atoms with Crippen LogP contribution in [0.1, 0.15) is 29.8 Å². The second-order valence-corrected chi connectivity index (χ2v) is 4.36. The number of aldehydes is 1. The number of carbonyl (C=O) groups is 1. The molecule has 4 N–H and O–H groups in total. The molecule has 0 spiro atoms. The van der Waals surface area contributed by atoms with Crippen LogP contribution in [0.15, 0.2) is 23.3 Å². The molecular weight excluding hydrogens is 266 g/mol. The molecule has 1 aromatic rings. The molecule has 0 atom stereocenters. The largest absolute Gasteiger partial charge is 0.506 e. The normalized spacial score (nSPS) is 11.2. The molecule has 0 bridgehead atoms. The highest BCUT2D eigenvalue weighted by Gasteiger charge is 2.15. The lowest BCUT2D eigenvalue weighted by Crippen LogP contribution is -2.27. The van der Waals surface area contributed by atoms with Gasteiger partial charge in [-0.2, -0.15) is 0 Å². The summed E-state index contributed by atoms with van der Waals surface area (Å²) in [5.74, 6) is -0.106. The molecule has 0 heterocycles. The third-order valence-corrected chi connectivity index (χ3v) is 2.13. The number of hydrogen-bond acceptors (Lipinski definition) is 5. The molecule has 0 aliphatic heterocycles. The third-order valence-electron chi connectivity index (χ3n) is 2.04. The molecule has 0 aromatic heterocycles. The van der Waals surface area contributed by atoms with Crippen LogP contribution in [0.4, 0.5) is 0 Å². The Hall–Kier alpha value is -2.15. The maximum absolute atomic E-state index is 10.8. The second-order valence-electron chi connectivity index (χ2n) is 3.92. The molecule has 0 aliphatic rings. The van der Waals surface area contributed by atoms with E-state index in [0.717, 1.165) is 0 Å². The van der Waals surface area contributed by atoms with Crippen LogP contribution >= 0.6 is 12.2 Å². The molecule has 0 radical (unpaired) electrons. The van der Waals surface area contributed by atoms with E-state index in [0.29, 0.717) is 6.29 Å². The highest BCUT2D eigenvalue weighted by Crippen LogP contribution is 2.22. The summed E-state index contributed by atoms with van der Waals surface area (Å²) < 4.78 is 5.46. The summed E-state index contributed by atoms with van der Waals surface area (Å²) in [6, 6.07) is 4.67. The van der Waals surface area contributed by atoms with Crippen LogP contribution in [0.3, 0.4) is 0 Å². The average molecular weight is 281 g/mol. The third kappa shape index (κ3) is 4.22. The van der Waals surface area contributed by atoms with E-state index in [2.05, 4.69) is 22.7 Å². The van der Waals surface area contributed by atoms with Crippen molar-refractivity contribution in [1.29, 1.82) is 0 Å². The number of ether oxygens (including phenoxy) is 1. The molecular formula is C12H15N3O3S. The van der Waals surface area contributed by atoms with E-state index in [1.54, 1.807) is 26.0 Å². The smallest absolute Gasteiger partial charge is 0.242 e. The summed E-state index contributed by atoms with van der Waals surface area (Å²) in [7, 11) is 0. The lowest BCUT2D eigenvalue weighted by Gasteiger charge is -2.14. The van der Waals surface area contributed by atoms with Gasteiger partial charge in [0.25, 0.3) is 0 Å². The summed E-state index contributed by atoms with van der Waals surface area (Å²) in [5, 5.41) is 13.8. The molecule has 0 saturated carbocycles. The van der Waals surface area contributed by atoms with E-state index in [1.165, 1.54) is 6.07 Å². The van der Waals surface area contributed by atoms with Gasteiger partial charge in [0.15, 0.2) is 11.4 Å². The predicted molar refractivity (Wildman–Crippen MR) is 76.2 cm³/mol. The Morgan fingerprint density at radius 1 is 1.58 bits per heavy atom. The Morgan fingerprint density at radius 3 is 2.79 bits per heavy atom. The number of nitrogens with zero attached hydrogens (tertiary/aromatic N) is 1. The second kappa shape index (κ2) is 6.69. The molecule has 102 valence electrons. The van der Waals surface area contributed by atoms with Crippen LogP contribution in [0.2, 0.25) is 0 Å². The van der Waals surface area contributed by atoms with Gasteiger partial charge in [0.1, 0.15) is 5.75 Å². The van der Waals surface area contributed by atoms with Crippen molar-refractivity contribution in [2.24, 2.45) is 10.8 Å². The molecule has 1 rings (SSSR count). The number of thiocarbonyl (C=S) groups is 1. The number of rotatable bonds is 4. The summed E-state index contributed by atoms with van der Waals surface area (Å²) in [6.45, 7) is 3.60. The van der Waals surface area contributed by atoms with Gasteiger partial charge in [0, 0.05) is 0 Å². The number of para-hydroxylation sites is 1. The fourth-order valence-electron chi connectivity index (χ4n) is 1.31. The number of phenols is 1. The first-order valence-electron chi connectivity index (χ1n) is 5.53. The molecule has 0 aliphatic carbocycles. The van der Waals surface area contributed by atoms with Gasteiger partial charge < -0.3 is 15.6 Å². The van der Waals surface area contributed by atoms with Crippen molar-refractivity contribution in [3.63, 3.8) is 0 Å². The molecule has 7 heteroatoms. The molecule has 0 saturated heterocycles. The minimum absolute atomic E-state index is 0.0316. The predicted octanol–water partition coefficient (Wildman–Crippen LogP) is 1.12. The lowest BCUT2D eigenvalue weighted by atomic mass is 10.1. The molecule has 6 nitrogen and oxygen atoms in total. The fraction of sp³-hybridized carbons (Fsp3) is 0.250. The number of phenolic OH excluding ortho intramolecular Hbond substituents is 1. The van der Waals surface area contributed by atoms with E-state index in [4.69, 9.17) is 10.5 Å². The van der Waals surface area contributed by atoms with Gasteiger partial charge in [0.2, 0.25) is 5.90 Å². The first-order chi connectivity index (χ1) is 8.95. The van der Waals surface area contributed by atoms with Crippen LogP contribution in [-0.4, -0.2) is 28.5 Å². The monoisotopic (exact) mass is 281 g/mol. The van der Waals surface area contributed by atoms with Gasteiger partial charge in [-0.15, -0.1) is 5.10 Å². The van der Waals surface area contributed by atoms with Gasteiger partial charge in [-0.1, -0.05) is 6.07 Å². The highest BCUT2D eigenvalue weighted by molar-refractivity contribution is 7.80. The number of aromatic hydroxyl groups is 1. The first-order valence-corrected chi connectivity index (χ1v) is 5.93. The molecule has 0 fully saturated rings. The maximum Gasteiger partial charge on any atom is 0.242 e. The average Bonchev–Trinajstić information content (AvgIpc) is 2.34. The van der Waals surface area contributed by atoms with Gasteiger partial charge >= 0.3 is 0 Å². The number of hydrazone groups is 1. The maximum atomic E-state index is 10.8. The number of nitrogens with two attached hydrogens (primary N) is 1. The van der Waals surface area contributed by atoms with Crippen molar-refractivity contribution >= 4 is 29.5 Å². The van der Waals surface area contributed by atoms with Crippen LogP contribution in [0.5, 0.6) is 5.75 Å². The van der Waals surface area contributed by atoms with Gasteiger partial charge in [-0.25, -0.2) is 0 Å². The zero-order valence-corrected chi connectivity index (χ0v) is 11.4.